The van der Waals surface area contributed by atoms with Crippen molar-refractivity contribution in [3.63, 3.8) is 0 Å². The van der Waals surface area contributed by atoms with Gasteiger partial charge in [0.1, 0.15) is 24.7 Å². The Morgan fingerprint density at radius 1 is 0.818 bits per heavy atom. The number of hydrogen-bond acceptors (Lipinski definition) is 5. The highest BCUT2D eigenvalue weighted by atomic mass is 35.5. The fourth-order valence-electron chi connectivity index (χ4n) is 4.61. The molecule has 0 aromatic heterocycles. The van der Waals surface area contributed by atoms with Gasteiger partial charge in [-0.2, -0.15) is 0 Å². The summed E-state index contributed by atoms with van der Waals surface area (Å²) < 4.78 is 11.9. The summed E-state index contributed by atoms with van der Waals surface area (Å²) in [4.78, 5) is 4.87. The average Bonchev–Trinajstić information content (AvgIpc) is 3.25. The first-order chi connectivity index (χ1) is 16.0. The molecule has 1 N–H and O–H groups in total. The van der Waals surface area contributed by atoms with Gasteiger partial charge in [-0.25, -0.2) is 0 Å². The Bertz CT molecular complexity index is 907. The van der Waals surface area contributed by atoms with Crippen LogP contribution in [0, 0.1) is 0 Å². The summed E-state index contributed by atoms with van der Waals surface area (Å²) in [6.07, 6.45) is 4.92. The molecule has 0 saturated carbocycles. The minimum absolute atomic E-state index is 0.249. The molecule has 2 aliphatic rings. The summed E-state index contributed by atoms with van der Waals surface area (Å²) in [5.74, 6) is 1.56. The third kappa shape index (κ3) is 7.49. The van der Waals surface area contributed by atoms with Gasteiger partial charge in [-0.1, -0.05) is 35.3 Å². The van der Waals surface area contributed by atoms with Crippen LogP contribution in [0.25, 0.3) is 0 Å². The van der Waals surface area contributed by atoms with E-state index >= 15 is 0 Å². The summed E-state index contributed by atoms with van der Waals surface area (Å²) >= 11 is 12.0. The van der Waals surface area contributed by atoms with Crippen molar-refractivity contribution in [3.8, 4) is 11.5 Å². The third-order valence-corrected chi connectivity index (χ3v) is 7.33. The van der Waals surface area contributed by atoms with Crippen molar-refractivity contribution >= 4 is 23.2 Å². The number of benzene rings is 2. The van der Waals surface area contributed by atoms with E-state index in [-0.39, 0.29) is 6.61 Å². The lowest BCUT2D eigenvalue weighted by Gasteiger charge is -2.27. The van der Waals surface area contributed by atoms with Crippen LogP contribution in [-0.2, 0) is 6.54 Å². The Labute approximate surface area is 207 Å². The first-order valence-corrected chi connectivity index (χ1v) is 12.7. The van der Waals surface area contributed by atoms with Gasteiger partial charge in [0.25, 0.3) is 0 Å². The highest BCUT2D eigenvalue weighted by Crippen LogP contribution is 2.29. The maximum atomic E-state index is 11.1. The summed E-state index contributed by atoms with van der Waals surface area (Å²) in [5, 5.41) is 12.1. The molecule has 0 bridgehead atoms. The molecule has 4 rings (SSSR count). The zero-order valence-electron chi connectivity index (χ0n) is 19.1. The van der Waals surface area contributed by atoms with Gasteiger partial charge < -0.3 is 14.6 Å². The molecule has 0 spiro atoms. The molecule has 0 radical (unpaired) electrons. The number of likely N-dealkylation sites (tertiary alicyclic amines) is 2. The summed E-state index contributed by atoms with van der Waals surface area (Å²) in [6.45, 7) is 7.01. The van der Waals surface area contributed by atoms with Crippen LogP contribution in [0.2, 0.25) is 10.0 Å². The van der Waals surface area contributed by atoms with Gasteiger partial charge in [-0.3, -0.25) is 9.80 Å². The zero-order chi connectivity index (χ0) is 23.1. The number of halogens is 2. The topological polar surface area (TPSA) is 45.2 Å². The molecule has 33 heavy (non-hydrogen) atoms. The first kappa shape index (κ1) is 24.6. The maximum Gasteiger partial charge on any atom is 0.121 e. The summed E-state index contributed by atoms with van der Waals surface area (Å²) in [6, 6.07) is 13.6. The molecule has 2 aliphatic heterocycles. The molecule has 7 heteroatoms. The van der Waals surface area contributed by atoms with Crippen LogP contribution in [0.15, 0.2) is 42.5 Å². The molecule has 2 aromatic carbocycles. The molecular formula is C26H34Cl2N2O3. The second-order valence-electron chi connectivity index (χ2n) is 9.26. The van der Waals surface area contributed by atoms with Crippen molar-refractivity contribution in [1.82, 2.24) is 9.80 Å². The van der Waals surface area contributed by atoms with E-state index in [2.05, 4.69) is 28.0 Å². The smallest absolute Gasteiger partial charge is 0.121 e. The number of rotatable bonds is 9. The van der Waals surface area contributed by atoms with Crippen LogP contribution in [-0.4, -0.2) is 66.4 Å². The molecule has 5 nitrogen and oxygen atoms in total. The van der Waals surface area contributed by atoms with Crippen molar-refractivity contribution in [2.75, 3.05) is 45.9 Å². The largest absolute Gasteiger partial charge is 0.492 e. The number of nitrogens with zero attached hydrogens (tertiary/aromatic N) is 2. The molecule has 0 aliphatic carbocycles. The Balaban J connectivity index is 1.24. The molecule has 1 unspecified atom stereocenters. The minimum atomic E-state index is -0.846. The van der Waals surface area contributed by atoms with Crippen molar-refractivity contribution in [3.05, 3.63) is 58.1 Å². The quantitative estimate of drug-likeness (QED) is 0.516. The molecule has 2 aromatic rings. The zero-order valence-corrected chi connectivity index (χ0v) is 20.7. The van der Waals surface area contributed by atoms with Crippen LogP contribution < -0.4 is 9.47 Å². The minimum Gasteiger partial charge on any atom is -0.492 e. The Morgan fingerprint density at radius 2 is 1.61 bits per heavy atom. The first-order valence-electron chi connectivity index (χ1n) is 12.0. The van der Waals surface area contributed by atoms with Gasteiger partial charge in [0.15, 0.2) is 0 Å². The normalized spacial score (nSPS) is 22.3. The lowest BCUT2D eigenvalue weighted by atomic mass is 9.96. The van der Waals surface area contributed by atoms with Crippen LogP contribution in [0.4, 0.5) is 0 Å². The highest BCUT2D eigenvalue weighted by molar-refractivity contribution is 6.42. The van der Waals surface area contributed by atoms with Crippen LogP contribution >= 0.6 is 23.2 Å². The SMILES string of the molecule is OC1(COc2ccc(Cl)c(Cl)c2)CCCN(Cc2cccc(OCCN3CCCC3)c2)CC1. The van der Waals surface area contributed by atoms with Gasteiger partial charge in [0, 0.05) is 25.7 Å². The summed E-state index contributed by atoms with van der Waals surface area (Å²) in [5.41, 5.74) is 0.396. The Morgan fingerprint density at radius 3 is 2.42 bits per heavy atom. The molecule has 1 atom stereocenters. The van der Waals surface area contributed by atoms with Crippen molar-refractivity contribution in [2.24, 2.45) is 0 Å². The third-order valence-electron chi connectivity index (χ3n) is 6.59. The molecule has 180 valence electrons. The molecule has 2 heterocycles. The predicted octanol–water partition coefficient (Wildman–Crippen LogP) is 5.26. The van der Waals surface area contributed by atoms with E-state index in [9.17, 15) is 5.11 Å². The molecule has 0 amide bonds. The van der Waals surface area contributed by atoms with Crippen molar-refractivity contribution in [1.29, 1.82) is 0 Å². The monoisotopic (exact) mass is 492 g/mol. The average molecular weight is 493 g/mol. The van der Waals surface area contributed by atoms with Gasteiger partial charge in [-0.05, 0) is 81.6 Å². The predicted molar refractivity (Wildman–Crippen MR) is 134 cm³/mol. The number of aliphatic hydroxyl groups is 1. The maximum absolute atomic E-state index is 11.1. The van der Waals surface area contributed by atoms with Crippen LogP contribution in [0.5, 0.6) is 11.5 Å². The van der Waals surface area contributed by atoms with Gasteiger partial charge in [-0.15, -0.1) is 0 Å². The van der Waals surface area contributed by atoms with Gasteiger partial charge >= 0.3 is 0 Å². The van der Waals surface area contributed by atoms with E-state index in [1.54, 1.807) is 18.2 Å². The van der Waals surface area contributed by atoms with Gasteiger partial charge in [0.05, 0.1) is 15.6 Å². The highest BCUT2D eigenvalue weighted by Gasteiger charge is 2.31. The van der Waals surface area contributed by atoms with Crippen LogP contribution in [0.1, 0.15) is 37.7 Å². The van der Waals surface area contributed by atoms with E-state index in [1.165, 1.54) is 31.5 Å². The Hall–Kier alpha value is -1.50. The van der Waals surface area contributed by atoms with E-state index < -0.39 is 5.60 Å². The van der Waals surface area contributed by atoms with Gasteiger partial charge in [0.2, 0.25) is 0 Å². The molecular weight excluding hydrogens is 459 g/mol. The standard InChI is InChI=1S/C26H34Cl2N2O3/c27-24-8-7-23(18-25(24)28)33-20-26(31)9-4-13-30(14-10-26)19-21-5-3-6-22(17-21)32-16-15-29-11-1-2-12-29/h3,5-8,17-18,31H,1-2,4,9-16,19-20H2. The van der Waals surface area contributed by atoms with E-state index in [4.69, 9.17) is 32.7 Å². The fraction of sp³-hybridized carbons (Fsp3) is 0.538. The second-order valence-corrected chi connectivity index (χ2v) is 10.1. The van der Waals surface area contributed by atoms with E-state index in [0.717, 1.165) is 45.0 Å². The number of ether oxygens (including phenoxy) is 2. The van der Waals surface area contributed by atoms with Crippen molar-refractivity contribution < 1.29 is 14.6 Å². The fourth-order valence-corrected chi connectivity index (χ4v) is 4.90. The van der Waals surface area contributed by atoms with E-state index in [1.807, 2.05) is 6.07 Å². The second kappa shape index (κ2) is 11.8. The van der Waals surface area contributed by atoms with Crippen molar-refractivity contribution in [2.45, 2.75) is 44.2 Å². The molecule has 2 fully saturated rings. The lowest BCUT2D eigenvalue weighted by molar-refractivity contribution is -0.0168. The van der Waals surface area contributed by atoms with E-state index in [0.29, 0.717) is 28.6 Å². The Kier molecular flexibility index (Phi) is 8.78. The summed E-state index contributed by atoms with van der Waals surface area (Å²) in [7, 11) is 0. The lowest BCUT2D eigenvalue weighted by Crippen LogP contribution is -2.37. The number of hydrogen-bond donors (Lipinski definition) is 1. The van der Waals surface area contributed by atoms with Crippen LogP contribution in [0.3, 0.4) is 0 Å². The molecule has 2 saturated heterocycles.